The van der Waals surface area contributed by atoms with E-state index in [-0.39, 0.29) is 12.5 Å². The van der Waals surface area contributed by atoms with Gasteiger partial charge < -0.3 is 9.84 Å². The highest BCUT2D eigenvalue weighted by atomic mass is 19.1. The van der Waals surface area contributed by atoms with Crippen molar-refractivity contribution in [3.8, 4) is 0 Å². The summed E-state index contributed by atoms with van der Waals surface area (Å²) in [5.41, 5.74) is 0. The van der Waals surface area contributed by atoms with E-state index in [0.717, 1.165) is 12.8 Å². The third-order valence-corrected chi connectivity index (χ3v) is 2.57. The highest BCUT2D eigenvalue weighted by Crippen LogP contribution is 2.25. The quantitative estimate of drug-likeness (QED) is 0.709. The minimum atomic E-state index is -2.19. The lowest BCUT2D eigenvalue weighted by Gasteiger charge is -2.25. The zero-order valence-electron chi connectivity index (χ0n) is 8.15. The molecule has 80 valence electrons. The van der Waals surface area contributed by atoms with E-state index in [2.05, 4.69) is 17.7 Å². The highest BCUT2D eigenvalue weighted by Gasteiger charge is 2.22. The van der Waals surface area contributed by atoms with E-state index in [1.54, 1.807) is 0 Å². The van der Waals surface area contributed by atoms with Gasteiger partial charge in [0.25, 0.3) is 6.36 Å². The van der Waals surface area contributed by atoms with Crippen molar-refractivity contribution < 1.29 is 19.0 Å². The molecule has 1 N–H and O–H groups in total. The zero-order chi connectivity index (χ0) is 10.6. The largest absolute Gasteiger partial charge is 0.477 e. The first-order valence-corrected chi connectivity index (χ1v) is 4.74. The first-order valence-electron chi connectivity index (χ1n) is 4.74. The van der Waals surface area contributed by atoms with Crippen LogP contribution in [-0.4, -0.2) is 24.0 Å². The van der Waals surface area contributed by atoms with E-state index in [0.29, 0.717) is 5.92 Å². The molecule has 0 saturated carbocycles. The maximum absolute atomic E-state index is 12.6. The lowest BCUT2D eigenvalue weighted by molar-refractivity contribution is -0.165. The molecule has 14 heavy (non-hydrogen) atoms. The zero-order valence-corrected chi connectivity index (χ0v) is 8.15. The fraction of sp³-hybridized carbons (Fsp3) is 0.700. The van der Waals surface area contributed by atoms with Gasteiger partial charge in [0.2, 0.25) is 0 Å². The number of alkyl halides is 1. The molecule has 0 heterocycles. The number of allylic oxidation sites excluding steroid dienone is 2. The van der Waals surface area contributed by atoms with Crippen LogP contribution in [0.4, 0.5) is 4.39 Å². The smallest absolute Gasteiger partial charge is 0.366 e. The second-order valence-corrected chi connectivity index (χ2v) is 3.67. The SMILES string of the molecule is CC1CC=CCC1COC(F)C(=O)O. The predicted octanol–water partition coefficient (Wildman–Crippen LogP) is 1.99. The fourth-order valence-corrected chi connectivity index (χ4v) is 1.52. The highest BCUT2D eigenvalue weighted by molar-refractivity contribution is 5.70. The molecule has 3 nitrogen and oxygen atoms in total. The van der Waals surface area contributed by atoms with Crippen molar-refractivity contribution in [2.24, 2.45) is 11.8 Å². The van der Waals surface area contributed by atoms with Crippen molar-refractivity contribution in [2.75, 3.05) is 6.61 Å². The molecule has 0 saturated heterocycles. The first kappa shape index (κ1) is 11.2. The topological polar surface area (TPSA) is 46.5 Å². The number of hydrogen-bond donors (Lipinski definition) is 1. The van der Waals surface area contributed by atoms with Gasteiger partial charge in [-0.05, 0) is 24.7 Å². The Labute approximate surface area is 82.6 Å². The number of rotatable bonds is 4. The van der Waals surface area contributed by atoms with Crippen LogP contribution in [-0.2, 0) is 9.53 Å². The van der Waals surface area contributed by atoms with Gasteiger partial charge in [0.05, 0.1) is 6.61 Å². The Morgan fingerprint density at radius 2 is 2.29 bits per heavy atom. The van der Waals surface area contributed by atoms with Gasteiger partial charge in [-0.1, -0.05) is 19.1 Å². The normalized spacial score (nSPS) is 28.7. The lowest BCUT2D eigenvalue weighted by Crippen LogP contribution is -2.25. The van der Waals surface area contributed by atoms with E-state index in [9.17, 15) is 9.18 Å². The first-order chi connectivity index (χ1) is 6.61. The second kappa shape index (κ2) is 5.10. The molecular weight excluding hydrogens is 187 g/mol. The Morgan fingerprint density at radius 3 is 2.86 bits per heavy atom. The van der Waals surface area contributed by atoms with Crippen molar-refractivity contribution in [1.82, 2.24) is 0 Å². The maximum Gasteiger partial charge on any atom is 0.366 e. The van der Waals surface area contributed by atoms with Crippen LogP contribution in [0.1, 0.15) is 19.8 Å². The molecule has 0 amide bonds. The maximum atomic E-state index is 12.6. The molecule has 3 unspecified atom stereocenters. The van der Waals surface area contributed by atoms with Crippen LogP contribution in [0.25, 0.3) is 0 Å². The number of carbonyl (C=O) groups is 1. The molecule has 3 atom stereocenters. The molecule has 4 heteroatoms. The summed E-state index contributed by atoms with van der Waals surface area (Å²) in [5, 5.41) is 8.26. The number of carboxylic acid groups (broad SMARTS) is 1. The molecular formula is C10H15FO3. The molecule has 0 aliphatic heterocycles. The van der Waals surface area contributed by atoms with Crippen molar-refractivity contribution in [1.29, 1.82) is 0 Å². The number of hydrogen-bond acceptors (Lipinski definition) is 2. The van der Waals surface area contributed by atoms with Crippen molar-refractivity contribution in [3.63, 3.8) is 0 Å². The minimum Gasteiger partial charge on any atom is -0.477 e. The predicted molar refractivity (Wildman–Crippen MR) is 49.5 cm³/mol. The number of ether oxygens (including phenoxy) is 1. The second-order valence-electron chi connectivity index (χ2n) is 3.67. The summed E-state index contributed by atoms with van der Waals surface area (Å²) in [7, 11) is 0. The summed E-state index contributed by atoms with van der Waals surface area (Å²) in [6.07, 6.45) is 3.73. The lowest BCUT2D eigenvalue weighted by atomic mass is 9.85. The Kier molecular flexibility index (Phi) is 4.07. The van der Waals surface area contributed by atoms with Crippen LogP contribution >= 0.6 is 0 Å². The van der Waals surface area contributed by atoms with Gasteiger partial charge in [-0.25, -0.2) is 9.18 Å². The average Bonchev–Trinajstić information content (AvgIpc) is 2.16. The number of halogens is 1. The molecule has 1 aliphatic carbocycles. The van der Waals surface area contributed by atoms with Gasteiger partial charge in [-0.15, -0.1) is 0 Å². The number of carboxylic acids is 1. The van der Waals surface area contributed by atoms with Gasteiger partial charge in [0.1, 0.15) is 0 Å². The van der Waals surface area contributed by atoms with Crippen LogP contribution in [0, 0.1) is 11.8 Å². The molecule has 0 fully saturated rings. The molecule has 0 radical (unpaired) electrons. The van der Waals surface area contributed by atoms with Crippen LogP contribution in [0.5, 0.6) is 0 Å². The Balaban J connectivity index is 2.30. The van der Waals surface area contributed by atoms with Gasteiger partial charge in [0, 0.05) is 0 Å². The summed E-state index contributed by atoms with van der Waals surface area (Å²) in [5.74, 6) is -0.886. The molecule has 1 rings (SSSR count). The van der Waals surface area contributed by atoms with Crippen molar-refractivity contribution in [2.45, 2.75) is 26.1 Å². The Hall–Kier alpha value is -0.900. The number of aliphatic carboxylic acids is 1. The summed E-state index contributed by atoms with van der Waals surface area (Å²) in [4.78, 5) is 10.1. The van der Waals surface area contributed by atoms with Gasteiger partial charge in [0.15, 0.2) is 0 Å². The van der Waals surface area contributed by atoms with E-state index >= 15 is 0 Å². The molecule has 1 aliphatic rings. The summed E-state index contributed by atoms with van der Waals surface area (Å²) >= 11 is 0. The molecule has 0 bridgehead atoms. The molecule has 0 aromatic carbocycles. The fourth-order valence-electron chi connectivity index (χ4n) is 1.52. The van der Waals surface area contributed by atoms with Gasteiger partial charge in [-0.2, -0.15) is 0 Å². The van der Waals surface area contributed by atoms with E-state index in [1.165, 1.54) is 0 Å². The monoisotopic (exact) mass is 202 g/mol. The average molecular weight is 202 g/mol. The van der Waals surface area contributed by atoms with E-state index in [1.807, 2.05) is 6.08 Å². The van der Waals surface area contributed by atoms with E-state index in [4.69, 9.17) is 5.11 Å². The summed E-state index contributed by atoms with van der Waals surface area (Å²) in [6, 6.07) is 0. The molecule has 0 aromatic heterocycles. The van der Waals surface area contributed by atoms with Crippen LogP contribution < -0.4 is 0 Å². The Morgan fingerprint density at radius 1 is 1.64 bits per heavy atom. The molecule has 0 spiro atoms. The van der Waals surface area contributed by atoms with Crippen molar-refractivity contribution >= 4 is 5.97 Å². The van der Waals surface area contributed by atoms with Crippen LogP contribution in [0.2, 0.25) is 0 Å². The summed E-state index contributed by atoms with van der Waals surface area (Å²) < 4.78 is 17.2. The van der Waals surface area contributed by atoms with Gasteiger partial charge >= 0.3 is 5.97 Å². The third kappa shape index (κ3) is 3.10. The Bertz CT molecular complexity index is 227. The van der Waals surface area contributed by atoms with Crippen LogP contribution in [0.3, 0.4) is 0 Å². The van der Waals surface area contributed by atoms with Crippen LogP contribution in [0.15, 0.2) is 12.2 Å². The summed E-state index contributed by atoms with van der Waals surface area (Å²) in [6.45, 7) is 2.24. The van der Waals surface area contributed by atoms with Gasteiger partial charge in [-0.3, -0.25) is 0 Å². The van der Waals surface area contributed by atoms with E-state index < -0.39 is 12.3 Å². The van der Waals surface area contributed by atoms with Crippen molar-refractivity contribution in [3.05, 3.63) is 12.2 Å². The third-order valence-electron chi connectivity index (χ3n) is 2.57. The minimum absolute atomic E-state index is 0.180. The standard InChI is InChI=1S/C10H15FO3/c1-7-4-2-3-5-8(7)6-14-9(11)10(12)13/h2-3,7-9H,4-6H2,1H3,(H,12,13). The molecule has 0 aromatic rings.